The summed E-state index contributed by atoms with van der Waals surface area (Å²) in [7, 11) is 3.19. The Bertz CT molecular complexity index is 1250. The van der Waals surface area contributed by atoms with Gasteiger partial charge in [-0.3, -0.25) is 9.36 Å². The number of aromatic nitrogens is 2. The van der Waals surface area contributed by atoms with Gasteiger partial charge in [-0.15, -0.1) is 0 Å². The molecule has 6 heteroatoms. The molecule has 4 aromatic rings. The number of methoxy groups -OCH3 is 2. The second-order valence-corrected chi connectivity index (χ2v) is 6.91. The van der Waals surface area contributed by atoms with Gasteiger partial charge in [0.05, 0.1) is 35.8 Å². The summed E-state index contributed by atoms with van der Waals surface area (Å²) in [6.07, 6.45) is 0.422. The Hall–Kier alpha value is -3.31. The van der Waals surface area contributed by atoms with E-state index >= 15 is 0 Å². The number of ether oxygens (including phenoxy) is 2. The van der Waals surface area contributed by atoms with E-state index in [9.17, 15) is 4.79 Å². The molecule has 0 amide bonds. The fourth-order valence-electron chi connectivity index (χ4n) is 3.35. The maximum atomic E-state index is 13.3. The molecule has 0 unspecified atom stereocenters. The predicted octanol–water partition coefficient (Wildman–Crippen LogP) is 4.65. The van der Waals surface area contributed by atoms with Gasteiger partial charge in [0.15, 0.2) is 11.5 Å². The van der Waals surface area contributed by atoms with Gasteiger partial charge in [-0.1, -0.05) is 41.9 Å². The van der Waals surface area contributed by atoms with E-state index in [1.807, 2.05) is 54.6 Å². The zero-order chi connectivity index (χ0) is 20.4. The normalized spacial score (nSPS) is 10.9. The van der Waals surface area contributed by atoms with Gasteiger partial charge >= 0.3 is 0 Å². The molecule has 4 rings (SSSR count). The van der Waals surface area contributed by atoms with Crippen molar-refractivity contribution < 1.29 is 9.47 Å². The maximum Gasteiger partial charge on any atom is 0.266 e. The van der Waals surface area contributed by atoms with Gasteiger partial charge in [-0.05, 0) is 42.0 Å². The molecule has 0 saturated heterocycles. The third-order valence-electron chi connectivity index (χ3n) is 4.75. The Morgan fingerprint density at radius 3 is 2.41 bits per heavy atom. The van der Waals surface area contributed by atoms with Crippen molar-refractivity contribution in [2.24, 2.45) is 0 Å². The third-order valence-corrected chi connectivity index (χ3v) is 5.07. The predicted molar refractivity (Wildman–Crippen MR) is 115 cm³/mol. The minimum absolute atomic E-state index is 0.154. The van der Waals surface area contributed by atoms with Crippen LogP contribution in [0, 0.1) is 0 Å². The van der Waals surface area contributed by atoms with Crippen molar-refractivity contribution in [2.75, 3.05) is 14.2 Å². The molecule has 0 atom stereocenters. The van der Waals surface area contributed by atoms with E-state index in [1.165, 1.54) is 0 Å². The molecule has 0 aliphatic heterocycles. The average molecular weight is 407 g/mol. The lowest BCUT2D eigenvalue weighted by atomic mass is 10.1. The lowest BCUT2D eigenvalue weighted by Crippen LogP contribution is -2.24. The van der Waals surface area contributed by atoms with Crippen LogP contribution in [0.5, 0.6) is 11.5 Å². The van der Waals surface area contributed by atoms with Gasteiger partial charge in [-0.2, -0.15) is 0 Å². The summed E-state index contributed by atoms with van der Waals surface area (Å²) in [5.41, 5.74) is 2.04. The fraction of sp³-hybridized carbons (Fsp3) is 0.130. The number of fused-ring (bicyclic) bond motifs is 1. The highest BCUT2D eigenvalue weighted by atomic mass is 35.5. The minimum Gasteiger partial charge on any atom is -0.493 e. The van der Waals surface area contributed by atoms with E-state index in [2.05, 4.69) is 0 Å². The van der Waals surface area contributed by atoms with Crippen molar-refractivity contribution in [1.82, 2.24) is 9.55 Å². The molecule has 0 saturated carbocycles. The van der Waals surface area contributed by atoms with E-state index in [0.717, 1.165) is 5.56 Å². The highest BCUT2D eigenvalue weighted by Gasteiger charge is 2.16. The van der Waals surface area contributed by atoms with E-state index in [1.54, 1.807) is 30.9 Å². The molecule has 1 aromatic heterocycles. The maximum absolute atomic E-state index is 13.3. The SMILES string of the molecule is COc1ccc(Cc2nc3ccccc3c(=O)n2-c2ccccc2Cl)cc1OC. The summed E-state index contributed by atoms with van der Waals surface area (Å²) in [6, 6.07) is 20.2. The molecule has 0 fully saturated rings. The summed E-state index contributed by atoms with van der Waals surface area (Å²) < 4.78 is 12.3. The second-order valence-electron chi connectivity index (χ2n) is 6.50. The van der Waals surface area contributed by atoms with Crippen LogP contribution in [-0.2, 0) is 6.42 Å². The minimum atomic E-state index is -0.154. The molecule has 29 heavy (non-hydrogen) atoms. The smallest absolute Gasteiger partial charge is 0.266 e. The highest BCUT2D eigenvalue weighted by Crippen LogP contribution is 2.29. The number of nitrogens with zero attached hydrogens (tertiary/aromatic N) is 2. The number of rotatable bonds is 5. The van der Waals surface area contributed by atoms with Crippen LogP contribution in [0.2, 0.25) is 5.02 Å². The quantitative estimate of drug-likeness (QED) is 0.484. The van der Waals surface area contributed by atoms with Crippen molar-refractivity contribution in [2.45, 2.75) is 6.42 Å². The molecule has 5 nitrogen and oxygen atoms in total. The van der Waals surface area contributed by atoms with Crippen LogP contribution in [0.4, 0.5) is 0 Å². The van der Waals surface area contributed by atoms with Crippen LogP contribution in [0.25, 0.3) is 16.6 Å². The molecule has 0 N–H and O–H groups in total. The summed E-state index contributed by atoms with van der Waals surface area (Å²) in [6.45, 7) is 0. The van der Waals surface area contributed by atoms with Gasteiger partial charge in [0.25, 0.3) is 5.56 Å². The van der Waals surface area contributed by atoms with Crippen LogP contribution in [0.3, 0.4) is 0 Å². The van der Waals surface area contributed by atoms with Gasteiger partial charge in [0, 0.05) is 6.42 Å². The number of benzene rings is 3. The molecule has 0 bridgehead atoms. The molecular weight excluding hydrogens is 388 g/mol. The van der Waals surface area contributed by atoms with Crippen molar-refractivity contribution in [3.63, 3.8) is 0 Å². The second kappa shape index (κ2) is 7.97. The lowest BCUT2D eigenvalue weighted by molar-refractivity contribution is 0.354. The van der Waals surface area contributed by atoms with Crippen LogP contribution in [-0.4, -0.2) is 23.8 Å². The monoisotopic (exact) mass is 406 g/mol. The van der Waals surface area contributed by atoms with E-state index in [-0.39, 0.29) is 5.56 Å². The van der Waals surface area contributed by atoms with Crippen molar-refractivity contribution in [3.05, 3.63) is 93.5 Å². The summed E-state index contributed by atoms with van der Waals surface area (Å²) in [5, 5.41) is 1.03. The number of halogens is 1. The van der Waals surface area contributed by atoms with Gasteiger partial charge in [0.1, 0.15) is 5.82 Å². The fourth-order valence-corrected chi connectivity index (χ4v) is 3.57. The van der Waals surface area contributed by atoms with Gasteiger partial charge < -0.3 is 9.47 Å². The Balaban J connectivity index is 1.93. The zero-order valence-electron chi connectivity index (χ0n) is 16.1. The summed E-state index contributed by atoms with van der Waals surface area (Å²) in [4.78, 5) is 18.1. The number of para-hydroxylation sites is 2. The first-order chi connectivity index (χ1) is 14.1. The molecule has 1 heterocycles. The van der Waals surface area contributed by atoms with Gasteiger partial charge in [0.2, 0.25) is 0 Å². The largest absolute Gasteiger partial charge is 0.493 e. The molecule has 146 valence electrons. The number of hydrogen-bond donors (Lipinski definition) is 0. The summed E-state index contributed by atoms with van der Waals surface area (Å²) >= 11 is 6.42. The Morgan fingerprint density at radius 1 is 0.931 bits per heavy atom. The standard InChI is InChI=1S/C23H19ClN2O3/c1-28-20-12-11-15(13-21(20)29-2)14-22-25-18-9-5-3-7-16(18)23(27)26(22)19-10-6-4-8-17(19)24/h3-13H,14H2,1-2H3. The van der Waals surface area contributed by atoms with E-state index < -0.39 is 0 Å². The first-order valence-electron chi connectivity index (χ1n) is 9.09. The van der Waals surface area contributed by atoms with Crippen LogP contribution in [0.1, 0.15) is 11.4 Å². The Morgan fingerprint density at radius 2 is 1.66 bits per heavy atom. The van der Waals surface area contributed by atoms with Gasteiger partial charge in [-0.25, -0.2) is 4.98 Å². The summed E-state index contributed by atoms with van der Waals surface area (Å²) in [5.74, 6) is 1.86. The van der Waals surface area contributed by atoms with Crippen molar-refractivity contribution in [3.8, 4) is 17.2 Å². The Kier molecular flexibility index (Phi) is 5.23. The van der Waals surface area contributed by atoms with Crippen molar-refractivity contribution >= 4 is 22.5 Å². The third kappa shape index (κ3) is 3.57. The van der Waals surface area contributed by atoms with Crippen LogP contribution in [0.15, 0.2) is 71.5 Å². The number of hydrogen-bond acceptors (Lipinski definition) is 4. The lowest BCUT2D eigenvalue weighted by Gasteiger charge is -2.16. The molecule has 0 radical (unpaired) electrons. The molecular formula is C23H19ClN2O3. The topological polar surface area (TPSA) is 53.3 Å². The highest BCUT2D eigenvalue weighted by molar-refractivity contribution is 6.32. The van der Waals surface area contributed by atoms with Crippen LogP contribution >= 0.6 is 11.6 Å². The Labute approximate surface area is 173 Å². The zero-order valence-corrected chi connectivity index (χ0v) is 16.8. The average Bonchev–Trinajstić information content (AvgIpc) is 2.75. The first kappa shape index (κ1) is 19.0. The van der Waals surface area contributed by atoms with E-state index in [0.29, 0.717) is 45.4 Å². The molecule has 0 aliphatic rings. The van der Waals surface area contributed by atoms with Crippen molar-refractivity contribution in [1.29, 1.82) is 0 Å². The molecule has 0 spiro atoms. The van der Waals surface area contributed by atoms with E-state index in [4.69, 9.17) is 26.1 Å². The molecule has 3 aromatic carbocycles. The van der Waals surface area contributed by atoms with Crippen LogP contribution < -0.4 is 15.0 Å². The molecule has 0 aliphatic carbocycles. The first-order valence-corrected chi connectivity index (χ1v) is 9.46.